The van der Waals surface area contributed by atoms with Crippen LogP contribution in [0.3, 0.4) is 0 Å². The van der Waals surface area contributed by atoms with Crippen LogP contribution in [0.1, 0.15) is 65.2 Å². The minimum Gasteiger partial charge on any atom is -0.381 e. The van der Waals surface area contributed by atoms with Crippen molar-refractivity contribution in [2.75, 3.05) is 13.1 Å². The molecule has 5 rings (SSSR count). The lowest BCUT2D eigenvalue weighted by Gasteiger charge is -2.62. The summed E-state index contributed by atoms with van der Waals surface area (Å²) in [6, 6.07) is 0. The van der Waals surface area contributed by atoms with Gasteiger partial charge in [0.15, 0.2) is 0 Å². The molecule has 0 aromatic carbocycles. The number of hydrogen-bond donors (Lipinski definition) is 3. The fourth-order valence-electron chi connectivity index (χ4n) is 7.59. The fourth-order valence-corrected chi connectivity index (χ4v) is 7.59. The summed E-state index contributed by atoms with van der Waals surface area (Å²) >= 11 is 0. The quantitative estimate of drug-likeness (QED) is 0.501. The molecule has 1 heterocycles. The smallest absolute Gasteiger partial charge is 0.139 e. The van der Waals surface area contributed by atoms with E-state index in [0.717, 1.165) is 75.7 Å². The average molecular weight is 401 g/mol. The Labute approximate surface area is 174 Å². The van der Waals surface area contributed by atoms with Crippen LogP contribution in [0.15, 0.2) is 23.9 Å². The van der Waals surface area contributed by atoms with Crippen molar-refractivity contribution in [3.63, 3.8) is 0 Å². The van der Waals surface area contributed by atoms with Crippen LogP contribution in [0.4, 0.5) is 0 Å². The van der Waals surface area contributed by atoms with Crippen molar-refractivity contribution in [3.8, 4) is 0 Å². The number of ketones is 1. The zero-order valence-electron chi connectivity index (χ0n) is 17.9. The molecule has 4 fully saturated rings. The summed E-state index contributed by atoms with van der Waals surface area (Å²) in [6.45, 7) is 10.7. The fraction of sp³-hybridized carbons (Fsp3) is 0.792. The minimum absolute atomic E-state index is 0.145. The van der Waals surface area contributed by atoms with Crippen LogP contribution >= 0.6 is 0 Å². The van der Waals surface area contributed by atoms with Crippen LogP contribution < -0.4 is 10.8 Å². The summed E-state index contributed by atoms with van der Waals surface area (Å²) in [4.78, 5) is 18.5. The van der Waals surface area contributed by atoms with Crippen molar-refractivity contribution >= 4 is 5.78 Å². The predicted molar refractivity (Wildman–Crippen MR) is 112 cm³/mol. The Kier molecular flexibility index (Phi) is 4.54. The van der Waals surface area contributed by atoms with Crippen molar-refractivity contribution in [2.24, 2.45) is 28.6 Å². The topological polar surface area (TPSA) is 70.6 Å². The molecule has 7 atom stereocenters. The van der Waals surface area contributed by atoms with Crippen LogP contribution in [0.5, 0.6) is 0 Å². The standard InChI is InChI=1S/C24H36N2O3/c1-15-12-18-19-4-5-21(27)22(19,2)9-7-20(18)23(3)10-6-16(13-24(15,23)28)26-29-17-8-11-25-14-17/h13,17-20,25-26,28H,1,4-12,14H2,2-3H3/t17-,18-,19-,20-,22-,23+,24-/m0/s1. The second-order valence-corrected chi connectivity index (χ2v) is 10.8. The molecule has 3 saturated carbocycles. The SMILES string of the molecule is C=C1C[C@H]2[C@@H]3CCC(=O)[C@@]3(C)CC[C@@H]2[C@@]2(C)CCC(NO[C@H]3CCNC3)=C[C@]12O. The normalized spacial score (nSPS) is 49.3. The summed E-state index contributed by atoms with van der Waals surface area (Å²) in [7, 11) is 0. The first-order valence-corrected chi connectivity index (χ1v) is 11.6. The van der Waals surface area contributed by atoms with E-state index in [4.69, 9.17) is 4.84 Å². The highest BCUT2D eigenvalue weighted by Gasteiger charge is 2.64. The van der Waals surface area contributed by atoms with Crippen LogP contribution in [0, 0.1) is 28.6 Å². The molecule has 29 heavy (non-hydrogen) atoms. The molecular weight excluding hydrogens is 364 g/mol. The maximum Gasteiger partial charge on any atom is 0.139 e. The molecule has 0 bridgehead atoms. The molecule has 5 nitrogen and oxygen atoms in total. The number of hydrogen-bond acceptors (Lipinski definition) is 5. The van der Waals surface area contributed by atoms with Gasteiger partial charge >= 0.3 is 0 Å². The van der Waals surface area contributed by atoms with E-state index < -0.39 is 5.60 Å². The van der Waals surface area contributed by atoms with E-state index in [9.17, 15) is 9.90 Å². The van der Waals surface area contributed by atoms with Crippen LogP contribution in [-0.2, 0) is 9.63 Å². The van der Waals surface area contributed by atoms with Crippen molar-refractivity contribution in [1.29, 1.82) is 0 Å². The van der Waals surface area contributed by atoms with E-state index in [1.165, 1.54) is 0 Å². The van der Waals surface area contributed by atoms with E-state index in [1.54, 1.807) is 0 Å². The van der Waals surface area contributed by atoms with Gasteiger partial charge in [-0.15, -0.1) is 0 Å². The van der Waals surface area contributed by atoms with Crippen molar-refractivity contribution in [1.82, 2.24) is 10.8 Å². The molecule has 1 saturated heterocycles. The summed E-state index contributed by atoms with van der Waals surface area (Å²) in [5.41, 5.74) is 3.69. The molecule has 5 aliphatic rings. The maximum absolute atomic E-state index is 12.6. The first-order valence-electron chi connectivity index (χ1n) is 11.6. The summed E-state index contributed by atoms with van der Waals surface area (Å²) < 4.78 is 0. The van der Waals surface area contributed by atoms with Crippen molar-refractivity contribution in [3.05, 3.63) is 23.9 Å². The molecule has 3 N–H and O–H groups in total. The van der Waals surface area contributed by atoms with Crippen LogP contribution in [-0.4, -0.2) is 35.7 Å². The lowest BCUT2D eigenvalue weighted by Crippen LogP contribution is -2.61. The van der Waals surface area contributed by atoms with Gasteiger partial charge in [-0.1, -0.05) is 20.4 Å². The van der Waals surface area contributed by atoms with Crippen LogP contribution in [0.25, 0.3) is 0 Å². The van der Waals surface area contributed by atoms with E-state index in [-0.39, 0.29) is 16.9 Å². The first kappa shape index (κ1) is 19.8. The third kappa shape index (κ3) is 2.73. The second-order valence-electron chi connectivity index (χ2n) is 10.8. The molecule has 1 aliphatic heterocycles. The molecule has 0 amide bonds. The second kappa shape index (κ2) is 6.66. The molecule has 0 aromatic rings. The largest absolute Gasteiger partial charge is 0.381 e. The number of aliphatic hydroxyl groups is 1. The lowest BCUT2D eigenvalue weighted by atomic mass is 9.43. The van der Waals surface area contributed by atoms with Crippen molar-refractivity contribution < 1.29 is 14.7 Å². The highest BCUT2D eigenvalue weighted by Crippen LogP contribution is 2.66. The van der Waals surface area contributed by atoms with E-state index in [2.05, 4.69) is 31.2 Å². The number of carbonyl (C=O) groups excluding carboxylic acids is 1. The minimum atomic E-state index is -0.998. The molecule has 0 spiro atoms. The Morgan fingerprint density at radius 2 is 2.03 bits per heavy atom. The Hall–Kier alpha value is -1.17. The zero-order valence-corrected chi connectivity index (χ0v) is 17.9. The molecule has 4 aliphatic carbocycles. The Balaban J connectivity index is 1.40. The van der Waals surface area contributed by atoms with E-state index >= 15 is 0 Å². The zero-order chi connectivity index (χ0) is 20.4. The third-order valence-corrected chi connectivity index (χ3v) is 9.52. The number of nitrogens with one attached hydrogen (secondary N) is 2. The van der Waals surface area contributed by atoms with Gasteiger partial charge in [-0.05, 0) is 80.9 Å². The number of allylic oxidation sites excluding steroid dienone is 1. The Morgan fingerprint density at radius 3 is 2.79 bits per heavy atom. The predicted octanol–water partition coefficient (Wildman–Crippen LogP) is 3.26. The number of hydroxylamine groups is 1. The third-order valence-electron chi connectivity index (χ3n) is 9.52. The number of fused-ring (bicyclic) bond motifs is 5. The summed E-state index contributed by atoms with van der Waals surface area (Å²) in [5, 5.41) is 15.2. The maximum atomic E-state index is 12.6. The van der Waals surface area contributed by atoms with Gasteiger partial charge in [0.1, 0.15) is 11.4 Å². The van der Waals surface area contributed by atoms with Gasteiger partial charge in [0.2, 0.25) is 0 Å². The Bertz CT molecular complexity index is 757. The molecule has 0 aromatic heterocycles. The van der Waals surface area contributed by atoms with E-state index in [0.29, 0.717) is 23.5 Å². The average Bonchev–Trinajstić information content (AvgIpc) is 3.31. The molecule has 160 valence electrons. The summed E-state index contributed by atoms with van der Waals surface area (Å²) in [6.07, 6.45) is 9.61. The molecule has 0 radical (unpaired) electrons. The first-order chi connectivity index (χ1) is 13.8. The van der Waals surface area contributed by atoms with Gasteiger partial charge in [0.05, 0.1) is 6.10 Å². The van der Waals surface area contributed by atoms with Crippen molar-refractivity contribution in [2.45, 2.75) is 76.9 Å². The number of rotatable bonds is 3. The molecular formula is C24H36N2O3. The summed E-state index contributed by atoms with van der Waals surface area (Å²) in [5.74, 6) is 1.83. The highest BCUT2D eigenvalue weighted by molar-refractivity contribution is 5.87. The van der Waals surface area contributed by atoms with Gasteiger partial charge in [-0.25, -0.2) is 0 Å². The van der Waals surface area contributed by atoms with Crippen LogP contribution in [0.2, 0.25) is 0 Å². The van der Waals surface area contributed by atoms with Gasteiger partial charge in [-0.3, -0.25) is 15.1 Å². The number of carbonyl (C=O) groups is 1. The molecule has 0 unspecified atom stereocenters. The Morgan fingerprint density at radius 1 is 1.21 bits per heavy atom. The van der Waals surface area contributed by atoms with E-state index in [1.807, 2.05) is 6.08 Å². The van der Waals surface area contributed by atoms with Gasteiger partial charge in [0.25, 0.3) is 0 Å². The lowest BCUT2D eigenvalue weighted by molar-refractivity contribution is -0.149. The monoisotopic (exact) mass is 400 g/mol. The highest BCUT2D eigenvalue weighted by atomic mass is 16.7. The van der Waals surface area contributed by atoms with Gasteiger partial charge in [0, 0.05) is 29.5 Å². The van der Waals surface area contributed by atoms with Gasteiger partial charge in [-0.2, -0.15) is 0 Å². The number of Topliss-reactive ketones (excluding diaryl/α,β-unsaturated/α-hetero) is 1. The van der Waals surface area contributed by atoms with Gasteiger partial charge < -0.3 is 10.4 Å². The molecule has 5 heteroatoms.